The first-order chi connectivity index (χ1) is 8.07. The van der Waals surface area contributed by atoms with E-state index >= 15 is 0 Å². The Kier molecular flexibility index (Phi) is 6.20. The standard InChI is InChI=1S/C13H24BrN3/c1-4-5-6-7-8-12(15)13-11(14)9-16-17(13)10(2)3/h9-10,12H,4-8,15H2,1-3H3. The van der Waals surface area contributed by atoms with Crippen LogP contribution in [0.2, 0.25) is 0 Å². The molecule has 0 aliphatic heterocycles. The van der Waals surface area contributed by atoms with Crippen LogP contribution in [-0.4, -0.2) is 9.78 Å². The maximum atomic E-state index is 6.27. The van der Waals surface area contributed by atoms with E-state index in [9.17, 15) is 0 Å². The van der Waals surface area contributed by atoms with Gasteiger partial charge >= 0.3 is 0 Å². The van der Waals surface area contributed by atoms with Crippen molar-refractivity contribution in [3.8, 4) is 0 Å². The van der Waals surface area contributed by atoms with Crippen molar-refractivity contribution in [3.05, 3.63) is 16.4 Å². The van der Waals surface area contributed by atoms with Gasteiger partial charge in [0.15, 0.2) is 0 Å². The van der Waals surface area contributed by atoms with E-state index < -0.39 is 0 Å². The summed E-state index contributed by atoms with van der Waals surface area (Å²) in [6.45, 7) is 6.49. The van der Waals surface area contributed by atoms with Crippen LogP contribution >= 0.6 is 15.9 Å². The Hall–Kier alpha value is -0.350. The van der Waals surface area contributed by atoms with Crippen LogP contribution in [0, 0.1) is 0 Å². The molecular formula is C13H24BrN3. The van der Waals surface area contributed by atoms with E-state index in [1.807, 2.05) is 10.9 Å². The molecule has 2 N–H and O–H groups in total. The zero-order chi connectivity index (χ0) is 12.8. The molecule has 98 valence electrons. The molecule has 0 amide bonds. The summed E-state index contributed by atoms with van der Waals surface area (Å²) < 4.78 is 3.06. The van der Waals surface area contributed by atoms with Crippen molar-refractivity contribution in [3.63, 3.8) is 0 Å². The van der Waals surface area contributed by atoms with Gasteiger partial charge in [0, 0.05) is 12.1 Å². The largest absolute Gasteiger partial charge is 0.323 e. The highest BCUT2D eigenvalue weighted by molar-refractivity contribution is 9.10. The summed E-state index contributed by atoms with van der Waals surface area (Å²) in [5.74, 6) is 0. The number of rotatable bonds is 7. The van der Waals surface area contributed by atoms with E-state index in [4.69, 9.17) is 5.73 Å². The van der Waals surface area contributed by atoms with Crippen LogP contribution in [0.1, 0.15) is 70.7 Å². The summed E-state index contributed by atoms with van der Waals surface area (Å²) in [7, 11) is 0. The fourth-order valence-electron chi connectivity index (χ4n) is 2.04. The molecule has 0 saturated heterocycles. The second-order valence-corrected chi connectivity index (χ2v) is 5.73. The second kappa shape index (κ2) is 7.17. The van der Waals surface area contributed by atoms with Gasteiger partial charge in [0.1, 0.15) is 0 Å². The number of nitrogens with two attached hydrogens (primary N) is 1. The first-order valence-corrected chi connectivity index (χ1v) is 7.35. The molecule has 1 heterocycles. The summed E-state index contributed by atoms with van der Waals surface area (Å²) in [6.07, 6.45) is 7.93. The third-order valence-electron chi connectivity index (χ3n) is 3.00. The average Bonchev–Trinajstić information content (AvgIpc) is 2.66. The van der Waals surface area contributed by atoms with Crippen molar-refractivity contribution in [2.45, 2.75) is 65.0 Å². The van der Waals surface area contributed by atoms with Gasteiger partial charge in [0.2, 0.25) is 0 Å². The van der Waals surface area contributed by atoms with Crippen LogP contribution < -0.4 is 5.73 Å². The molecule has 1 rings (SSSR count). The van der Waals surface area contributed by atoms with Crippen LogP contribution in [-0.2, 0) is 0 Å². The molecule has 1 aromatic rings. The SMILES string of the molecule is CCCCCCC(N)c1c(Br)cnn1C(C)C. The monoisotopic (exact) mass is 301 g/mol. The maximum absolute atomic E-state index is 6.27. The number of unbranched alkanes of at least 4 members (excludes halogenated alkanes) is 3. The van der Waals surface area contributed by atoms with Gasteiger partial charge in [-0.25, -0.2) is 0 Å². The molecule has 0 aromatic carbocycles. The summed E-state index contributed by atoms with van der Waals surface area (Å²) in [5.41, 5.74) is 7.41. The van der Waals surface area contributed by atoms with E-state index in [-0.39, 0.29) is 6.04 Å². The molecule has 0 spiro atoms. The van der Waals surface area contributed by atoms with Gasteiger partial charge in [-0.05, 0) is 36.2 Å². The molecule has 0 aliphatic carbocycles. The van der Waals surface area contributed by atoms with Gasteiger partial charge in [0.05, 0.1) is 16.4 Å². The molecule has 0 bridgehead atoms. The molecule has 1 unspecified atom stereocenters. The van der Waals surface area contributed by atoms with E-state index in [1.54, 1.807) is 0 Å². The molecule has 17 heavy (non-hydrogen) atoms. The molecular weight excluding hydrogens is 278 g/mol. The zero-order valence-electron chi connectivity index (χ0n) is 11.1. The fourth-order valence-corrected chi connectivity index (χ4v) is 2.60. The van der Waals surface area contributed by atoms with E-state index in [0.717, 1.165) is 16.6 Å². The van der Waals surface area contributed by atoms with E-state index in [2.05, 4.69) is 41.8 Å². The van der Waals surface area contributed by atoms with Crippen LogP contribution in [0.4, 0.5) is 0 Å². The van der Waals surface area contributed by atoms with Crippen LogP contribution in [0.25, 0.3) is 0 Å². The topological polar surface area (TPSA) is 43.8 Å². The third-order valence-corrected chi connectivity index (χ3v) is 3.61. The predicted octanol–water partition coefficient (Wildman–Crippen LogP) is 4.20. The molecule has 3 nitrogen and oxygen atoms in total. The molecule has 1 aromatic heterocycles. The Morgan fingerprint density at radius 1 is 1.35 bits per heavy atom. The van der Waals surface area contributed by atoms with Gasteiger partial charge in [-0.3, -0.25) is 4.68 Å². The Balaban J connectivity index is 2.61. The summed E-state index contributed by atoms with van der Waals surface area (Å²) in [4.78, 5) is 0. The highest BCUT2D eigenvalue weighted by Crippen LogP contribution is 2.27. The number of halogens is 1. The van der Waals surface area contributed by atoms with Crippen LogP contribution in [0.15, 0.2) is 10.7 Å². The van der Waals surface area contributed by atoms with Gasteiger partial charge in [-0.15, -0.1) is 0 Å². The van der Waals surface area contributed by atoms with E-state index in [1.165, 1.54) is 25.7 Å². The zero-order valence-corrected chi connectivity index (χ0v) is 12.7. The summed E-state index contributed by atoms with van der Waals surface area (Å²) in [5, 5.41) is 4.37. The quantitative estimate of drug-likeness (QED) is 0.767. The summed E-state index contributed by atoms with van der Waals surface area (Å²) in [6, 6.07) is 0.448. The predicted molar refractivity (Wildman–Crippen MR) is 76.0 cm³/mol. The van der Waals surface area contributed by atoms with Crippen molar-refractivity contribution in [1.29, 1.82) is 0 Å². The van der Waals surface area contributed by atoms with Gasteiger partial charge in [0.25, 0.3) is 0 Å². The fraction of sp³-hybridized carbons (Fsp3) is 0.769. The third kappa shape index (κ3) is 4.11. The van der Waals surface area contributed by atoms with Crippen molar-refractivity contribution < 1.29 is 0 Å². The minimum Gasteiger partial charge on any atom is -0.323 e. The Labute approximate surface area is 113 Å². The number of nitrogens with zero attached hydrogens (tertiary/aromatic N) is 2. The maximum Gasteiger partial charge on any atom is 0.0696 e. The first kappa shape index (κ1) is 14.7. The van der Waals surface area contributed by atoms with Crippen molar-refractivity contribution in [1.82, 2.24) is 9.78 Å². The lowest BCUT2D eigenvalue weighted by Gasteiger charge is -2.17. The highest BCUT2D eigenvalue weighted by atomic mass is 79.9. The normalized spacial score (nSPS) is 13.3. The van der Waals surface area contributed by atoms with Gasteiger partial charge < -0.3 is 5.73 Å². The number of hydrogen-bond acceptors (Lipinski definition) is 2. The molecule has 0 aliphatic rings. The lowest BCUT2D eigenvalue weighted by atomic mass is 10.1. The summed E-state index contributed by atoms with van der Waals surface area (Å²) >= 11 is 3.55. The number of aromatic nitrogens is 2. The number of hydrogen-bond donors (Lipinski definition) is 1. The molecule has 0 fully saturated rings. The molecule has 1 atom stereocenters. The lowest BCUT2D eigenvalue weighted by molar-refractivity contribution is 0.465. The molecule has 0 radical (unpaired) electrons. The average molecular weight is 302 g/mol. The van der Waals surface area contributed by atoms with Gasteiger partial charge in [-0.2, -0.15) is 5.10 Å². The Morgan fingerprint density at radius 2 is 2.06 bits per heavy atom. The minimum absolute atomic E-state index is 0.0890. The Bertz CT molecular complexity index is 333. The minimum atomic E-state index is 0.0890. The molecule has 0 saturated carbocycles. The lowest BCUT2D eigenvalue weighted by Crippen LogP contribution is -2.18. The van der Waals surface area contributed by atoms with Crippen molar-refractivity contribution in [2.75, 3.05) is 0 Å². The highest BCUT2D eigenvalue weighted by Gasteiger charge is 2.17. The second-order valence-electron chi connectivity index (χ2n) is 4.87. The molecule has 4 heteroatoms. The first-order valence-electron chi connectivity index (χ1n) is 6.56. The van der Waals surface area contributed by atoms with Crippen LogP contribution in [0.3, 0.4) is 0 Å². The van der Waals surface area contributed by atoms with Crippen molar-refractivity contribution in [2.24, 2.45) is 5.73 Å². The van der Waals surface area contributed by atoms with E-state index in [0.29, 0.717) is 6.04 Å². The van der Waals surface area contributed by atoms with Gasteiger partial charge in [-0.1, -0.05) is 32.6 Å². The van der Waals surface area contributed by atoms with Crippen molar-refractivity contribution >= 4 is 15.9 Å². The Morgan fingerprint density at radius 3 is 2.65 bits per heavy atom. The van der Waals surface area contributed by atoms with Crippen LogP contribution in [0.5, 0.6) is 0 Å². The smallest absolute Gasteiger partial charge is 0.0696 e.